The van der Waals surface area contributed by atoms with E-state index >= 15 is 0 Å². The third-order valence-corrected chi connectivity index (χ3v) is 4.84. The summed E-state index contributed by atoms with van der Waals surface area (Å²) in [5.41, 5.74) is 0.491. The van der Waals surface area contributed by atoms with E-state index in [-0.39, 0.29) is 12.0 Å². The smallest absolute Gasteiger partial charge is 0.410 e. The molecule has 1 heterocycles. The van der Waals surface area contributed by atoms with E-state index in [2.05, 4.69) is 0 Å². The molecule has 0 bridgehead atoms. The molecule has 1 N–H and O–H groups in total. The van der Waals surface area contributed by atoms with Gasteiger partial charge in [0, 0.05) is 18.0 Å². The summed E-state index contributed by atoms with van der Waals surface area (Å²) >= 11 is 1.69. The van der Waals surface area contributed by atoms with Crippen molar-refractivity contribution in [2.24, 2.45) is 5.92 Å². The van der Waals surface area contributed by atoms with Crippen LogP contribution >= 0.6 is 11.8 Å². The van der Waals surface area contributed by atoms with Crippen LogP contribution in [0.25, 0.3) is 0 Å². The van der Waals surface area contributed by atoms with Crippen molar-refractivity contribution in [2.75, 3.05) is 19.3 Å². The fourth-order valence-electron chi connectivity index (χ4n) is 2.80. The van der Waals surface area contributed by atoms with Gasteiger partial charge in [0.25, 0.3) is 0 Å². The molecule has 0 spiro atoms. The number of carbonyl (C=O) groups is 1. The fraction of sp³-hybridized carbons (Fsp3) is 0.611. The van der Waals surface area contributed by atoms with Crippen LogP contribution in [0.2, 0.25) is 0 Å². The highest BCUT2D eigenvalue weighted by Gasteiger charge is 2.30. The van der Waals surface area contributed by atoms with Crippen molar-refractivity contribution in [1.29, 1.82) is 0 Å². The number of amides is 1. The van der Waals surface area contributed by atoms with Gasteiger partial charge >= 0.3 is 6.09 Å². The lowest BCUT2D eigenvalue weighted by atomic mass is 9.87. The standard InChI is InChI=1S/C18H27NO3S/c1-18(2,3)22-17(21)19-11-9-14(10-12-19)16(20)13-5-7-15(23-4)8-6-13/h5-8,14,16,20H,9-12H2,1-4H3. The molecule has 1 aromatic rings. The van der Waals surface area contributed by atoms with Crippen LogP contribution in [-0.2, 0) is 4.74 Å². The van der Waals surface area contributed by atoms with Crippen LogP contribution in [0.15, 0.2) is 29.2 Å². The first kappa shape index (κ1) is 18.1. The van der Waals surface area contributed by atoms with Crippen molar-refractivity contribution in [3.05, 3.63) is 29.8 Å². The maximum absolute atomic E-state index is 12.1. The minimum atomic E-state index is -0.466. The molecule has 128 valence electrons. The zero-order valence-corrected chi connectivity index (χ0v) is 15.2. The number of rotatable bonds is 3. The lowest BCUT2D eigenvalue weighted by Gasteiger charge is -2.35. The molecule has 1 saturated heterocycles. The minimum Gasteiger partial charge on any atom is -0.444 e. The first-order valence-corrected chi connectivity index (χ1v) is 9.32. The molecule has 0 radical (unpaired) electrons. The van der Waals surface area contributed by atoms with E-state index in [9.17, 15) is 9.90 Å². The maximum atomic E-state index is 12.1. The normalized spacial score (nSPS) is 17.9. The zero-order valence-electron chi connectivity index (χ0n) is 14.4. The van der Waals surface area contributed by atoms with Crippen molar-refractivity contribution in [3.63, 3.8) is 0 Å². The minimum absolute atomic E-state index is 0.189. The molecule has 0 saturated carbocycles. The van der Waals surface area contributed by atoms with Crippen LogP contribution in [-0.4, -0.2) is 41.0 Å². The van der Waals surface area contributed by atoms with Crippen LogP contribution in [0.1, 0.15) is 45.3 Å². The molecular weight excluding hydrogens is 310 g/mol. The van der Waals surface area contributed by atoms with Crippen LogP contribution in [0.3, 0.4) is 0 Å². The zero-order chi connectivity index (χ0) is 17.0. The van der Waals surface area contributed by atoms with Gasteiger partial charge in [-0.05, 0) is 63.5 Å². The highest BCUT2D eigenvalue weighted by molar-refractivity contribution is 7.98. The van der Waals surface area contributed by atoms with Gasteiger partial charge in [0.15, 0.2) is 0 Å². The van der Waals surface area contributed by atoms with E-state index in [4.69, 9.17) is 4.74 Å². The Morgan fingerprint density at radius 1 is 1.26 bits per heavy atom. The highest BCUT2D eigenvalue weighted by Crippen LogP contribution is 2.32. The summed E-state index contributed by atoms with van der Waals surface area (Å²) in [6.07, 6.45) is 2.91. The Bertz CT molecular complexity index is 516. The Hall–Kier alpha value is -1.20. The van der Waals surface area contributed by atoms with E-state index in [0.717, 1.165) is 18.4 Å². The van der Waals surface area contributed by atoms with E-state index in [1.165, 1.54) is 4.90 Å². The van der Waals surface area contributed by atoms with Crippen LogP contribution < -0.4 is 0 Å². The molecule has 1 aromatic carbocycles. The van der Waals surface area contributed by atoms with Gasteiger partial charge in [0.05, 0.1) is 6.10 Å². The van der Waals surface area contributed by atoms with Crippen molar-refractivity contribution < 1.29 is 14.6 Å². The third-order valence-electron chi connectivity index (χ3n) is 4.10. The average molecular weight is 337 g/mol. The molecule has 4 nitrogen and oxygen atoms in total. The predicted octanol–water partition coefficient (Wildman–Crippen LogP) is 4.09. The number of piperidine rings is 1. The largest absolute Gasteiger partial charge is 0.444 e. The molecule has 23 heavy (non-hydrogen) atoms. The number of aliphatic hydroxyl groups excluding tert-OH is 1. The molecule has 1 unspecified atom stereocenters. The Kier molecular flexibility index (Phi) is 5.98. The average Bonchev–Trinajstić information content (AvgIpc) is 2.53. The number of carbonyl (C=O) groups excluding carboxylic acids is 1. The van der Waals surface area contributed by atoms with Crippen LogP contribution in [0, 0.1) is 5.92 Å². The van der Waals surface area contributed by atoms with Crippen molar-refractivity contribution in [1.82, 2.24) is 4.90 Å². The Balaban J connectivity index is 1.89. The summed E-state index contributed by atoms with van der Waals surface area (Å²) in [6.45, 7) is 6.90. The van der Waals surface area contributed by atoms with Crippen molar-refractivity contribution in [2.45, 2.75) is 50.2 Å². The molecule has 0 aliphatic carbocycles. The summed E-state index contributed by atoms with van der Waals surface area (Å²) < 4.78 is 5.41. The Morgan fingerprint density at radius 3 is 2.30 bits per heavy atom. The Labute approximate surface area is 143 Å². The number of likely N-dealkylation sites (tertiary alicyclic amines) is 1. The lowest BCUT2D eigenvalue weighted by molar-refractivity contribution is 0.00766. The number of aliphatic hydroxyl groups is 1. The quantitative estimate of drug-likeness (QED) is 0.844. The number of ether oxygens (including phenoxy) is 1. The summed E-state index contributed by atoms with van der Waals surface area (Å²) in [5.74, 6) is 0.189. The first-order valence-electron chi connectivity index (χ1n) is 8.10. The summed E-state index contributed by atoms with van der Waals surface area (Å²) in [7, 11) is 0. The first-order chi connectivity index (χ1) is 10.8. The molecule has 1 amide bonds. The van der Waals surface area contributed by atoms with Gasteiger partial charge in [-0.3, -0.25) is 0 Å². The van der Waals surface area contributed by atoms with E-state index in [0.29, 0.717) is 13.1 Å². The summed E-state index contributed by atoms with van der Waals surface area (Å²) in [6, 6.07) is 8.07. The topological polar surface area (TPSA) is 49.8 Å². The second-order valence-electron chi connectivity index (χ2n) is 7.02. The molecule has 1 atom stereocenters. The van der Waals surface area contributed by atoms with Gasteiger partial charge in [-0.25, -0.2) is 4.79 Å². The van der Waals surface area contributed by atoms with Gasteiger partial charge in [-0.15, -0.1) is 11.8 Å². The Morgan fingerprint density at radius 2 is 1.83 bits per heavy atom. The molecule has 0 aromatic heterocycles. The fourth-order valence-corrected chi connectivity index (χ4v) is 3.21. The van der Waals surface area contributed by atoms with Gasteiger partial charge in [-0.2, -0.15) is 0 Å². The van der Waals surface area contributed by atoms with Crippen molar-refractivity contribution >= 4 is 17.9 Å². The number of nitrogens with zero attached hydrogens (tertiary/aromatic N) is 1. The van der Waals surface area contributed by atoms with Gasteiger partial charge in [0.1, 0.15) is 5.60 Å². The van der Waals surface area contributed by atoms with Crippen LogP contribution in [0.4, 0.5) is 4.79 Å². The third kappa shape index (κ3) is 5.15. The number of hydrogen-bond donors (Lipinski definition) is 1. The number of thioether (sulfide) groups is 1. The van der Waals surface area contributed by atoms with E-state index < -0.39 is 11.7 Å². The highest BCUT2D eigenvalue weighted by atomic mass is 32.2. The van der Waals surface area contributed by atoms with Gasteiger partial charge < -0.3 is 14.7 Å². The maximum Gasteiger partial charge on any atom is 0.410 e. The summed E-state index contributed by atoms with van der Waals surface area (Å²) in [5, 5.41) is 10.6. The molecule has 5 heteroatoms. The predicted molar refractivity (Wildman–Crippen MR) is 93.7 cm³/mol. The monoisotopic (exact) mass is 337 g/mol. The molecule has 1 fully saturated rings. The van der Waals surface area contributed by atoms with E-state index in [1.54, 1.807) is 16.7 Å². The van der Waals surface area contributed by atoms with Crippen molar-refractivity contribution in [3.8, 4) is 0 Å². The molecule has 1 aliphatic rings. The van der Waals surface area contributed by atoms with E-state index in [1.807, 2.05) is 51.3 Å². The number of hydrogen-bond acceptors (Lipinski definition) is 4. The van der Waals surface area contributed by atoms with Crippen LogP contribution in [0.5, 0.6) is 0 Å². The second-order valence-corrected chi connectivity index (χ2v) is 7.90. The second kappa shape index (κ2) is 7.58. The molecule has 2 rings (SSSR count). The van der Waals surface area contributed by atoms with Gasteiger partial charge in [-0.1, -0.05) is 12.1 Å². The number of benzene rings is 1. The van der Waals surface area contributed by atoms with Gasteiger partial charge in [0.2, 0.25) is 0 Å². The molecular formula is C18H27NO3S. The molecule has 1 aliphatic heterocycles. The summed E-state index contributed by atoms with van der Waals surface area (Å²) in [4.78, 5) is 15.0. The SMILES string of the molecule is CSc1ccc(C(O)C2CCN(C(=O)OC(C)(C)C)CC2)cc1. The lowest BCUT2D eigenvalue weighted by Crippen LogP contribution is -2.42.